The third kappa shape index (κ3) is 3.63. The number of rotatable bonds is 5. The van der Waals surface area contributed by atoms with E-state index in [1.165, 1.54) is 12.1 Å². The molecule has 21 heavy (non-hydrogen) atoms. The zero-order valence-electron chi connectivity index (χ0n) is 11.0. The maximum absolute atomic E-state index is 12.2. The van der Waals surface area contributed by atoms with Crippen molar-refractivity contribution < 1.29 is 22.7 Å². The zero-order chi connectivity index (χ0) is 15.6. The molecule has 112 valence electrons. The van der Waals surface area contributed by atoms with E-state index in [1.54, 1.807) is 19.1 Å². The van der Waals surface area contributed by atoms with Gasteiger partial charge >= 0.3 is 5.97 Å². The van der Waals surface area contributed by atoms with Gasteiger partial charge in [0.05, 0.1) is 17.1 Å². The van der Waals surface area contributed by atoms with Gasteiger partial charge in [0.1, 0.15) is 16.4 Å². The van der Waals surface area contributed by atoms with Crippen LogP contribution in [-0.2, 0) is 16.6 Å². The minimum absolute atomic E-state index is 0.0518. The van der Waals surface area contributed by atoms with Crippen LogP contribution in [0, 0.1) is 6.92 Å². The van der Waals surface area contributed by atoms with Crippen LogP contribution >= 0.6 is 11.6 Å². The fraction of sp³-hybridized carbons (Fsp3) is 0.154. The monoisotopic (exact) mass is 329 g/mol. The van der Waals surface area contributed by atoms with Gasteiger partial charge in [0.25, 0.3) is 0 Å². The molecule has 8 heteroatoms. The van der Waals surface area contributed by atoms with E-state index in [0.29, 0.717) is 11.5 Å². The Bertz CT molecular complexity index is 782. The summed E-state index contributed by atoms with van der Waals surface area (Å²) in [5.41, 5.74) is -0.159. The van der Waals surface area contributed by atoms with Gasteiger partial charge in [0.15, 0.2) is 0 Å². The second kappa shape index (κ2) is 5.88. The molecule has 2 N–H and O–H groups in total. The van der Waals surface area contributed by atoms with E-state index < -0.39 is 16.0 Å². The Kier molecular flexibility index (Phi) is 4.36. The molecule has 0 spiro atoms. The van der Waals surface area contributed by atoms with Gasteiger partial charge in [-0.15, -0.1) is 0 Å². The highest BCUT2D eigenvalue weighted by molar-refractivity contribution is 7.89. The van der Waals surface area contributed by atoms with Gasteiger partial charge in [0, 0.05) is 0 Å². The minimum atomic E-state index is -3.94. The molecule has 1 aromatic carbocycles. The number of sulfonamides is 1. The summed E-state index contributed by atoms with van der Waals surface area (Å²) >= 11 is 5.84. The molecule has 1 heterocycles. The number of nitrogens with one attached hydrogen (secondary N) is 1. The number of carboxylic acids is 1. The normalized spacial score (nSPS) is 11.5. The van der Waals surface area contributed by atoms with E-state index in [9.17, 15) is 13.2 Å². The zero-order valence-corrected chi connectivity index (χ0v) is 12.5. The van der Waals surface area contributed by atoms with E-state index in [2.05, 4.69) is 4.72 Å². The number of aromatic carboxylic acids is 1. The Morgan fingerprint density at radius 1 is 1.33 bits per heavy atom. The Balaban J connectivity index is 2.26. The molecule has 2 rings (SSSR count). The maximum Gasteiger partial charge on any atom is 0.335 e. The highest BCUT2D eigenvalue weighted by Gasteiger charge is 2.20. The summed E-state index contributed by atoms with van der Waals surface area (Å²) in [5, 5.41) is 8.85. The second-order valence-corrected chi connectivity index (χ2v) is 6.43. The lowest BCUT2D eigenvalue weighted by atomic mass is 10.2. The molecular weight excluding hydrogens is 318 g/mol. The van der Waals surface area contributed by atoms with Crippen LogP contribution in [0.1, 0.15) is 21.9 Å². The molecule has 0 unspecified atom stereocenters. The molecule has 0 saturated carbocycles. The Morgan fingerprint density at radius 2 is 2.05 bits per heavy atom. The first-order valence-corrected chi connectivity index (χ1v) is 7.73. The molecule has 0 aliphatic rings. The first kappa shape index (κ1) is 15.6. The summed E-state index contributed by atoms with van der Waals surface area (Å²) in [6.07, 6.45) is 0. The average molecular weight is 330 g/mol. The lowest BCUT2D eigenvalue weighted by Crippen LogP contribution is -2.23. The molecular formula is C13H12ClNO5S. The number of carbonyl (C=O) groups is 1. The van der Waals surface area contributed by atoms with Gasteiger partial charge in [-0.3, -0.25) is 0 Å². The van der Waals surface area contributed by atoms with E-state index in [-0.39, 0.29) is 22.0 Å². The largest absolute Gasteiger partial charge is 0.478 e. The molecule has 0 atom stereocenters. The van der Waals surface area contributed by atoms with Crippen LogP contribution < -0.4 is 4.72 Å². The van der Waals surface area contributed by atoms with Crippen molar-refractivity contribution in [3.05, 3.63) is 52.4 Å². The molecule has 0 bridgehead atoms. The first-order valence-electron chi connectivity index (χ1n) is 5.87. The Hall–Kier alpha value is -1.83. The van der Waals surface area contributed by atoms with Gasteiger partial charge in [-0.05, 0) is 37.3 Å². The van der Waals surface area contributed by atoms with Crippen molar-refractivity contribution in [3.63, 3.8) is 0 Å². The summed E-state index contributed by atoms with van der Waals surface area (Å²) in [7, 11) is -3.94. The predicted octanol–water partition coefficient (Wildman–Crippen LogP) is 2.42. The molecule has 0 aliphatic heterocycles. The molecule has 0 radical (unpaired) electrons. The van der Waals surface area contributed by atoms with E-state index >= 15 is 0 Å². The number of hydrogen-bond donors (Lipinski definition) is 2. The van der Waals surface area contributed by atoms with Crippen LogP contribution in [0.2, 0.25) is 5.02 Å². The lowest BCUT2D eigenvalue weighted by Gasteiger charge is -2.08. The molecule has 0 aliphatic carbocycles. The summed E-state index contributed by atoms with van der Waals surface area (Å²) in [4.78, 5) is 10.6. The van der Waals surface area contributed by atoms with Crippen molar-refractivity contribution >= 4 is 27.6 Å². The van der Waals surface area contributed by atoms with Crippen LogP contribution in [0.4, 0.5) is 0 Å². The number of halogens is 1. The molecule has 0 fully saturated rings. The smallest absolute Gasteiger partial charge is 0.335 e. The Morgan fingerprint density at radius 3 is 2.62 bits per heavy atom. The van der Waals surface area contributed by atoms with Gasteiger partial charge in [-0.2, -0.15) is 0 Å². The van der Waals surface area contributed by atoms with Crippen LogP contribution in [0.3, 0.4) is 0 Å². The topological polar surface area (TPSA) is 96.6 Å². The quantitative estimate of drug-likeness (QED) is 0.878. The van der Waals surface area contributed by atoms with Crippen LogP contribution in [-0.4, -0.2) is 19.5 Å². The van der Waals surface area contributed by atoms with Gasteiger partial charge < -0.3 is 9.52 Å². The molecule has 0 amide bonds. The maximum atomic E-state index is 12.2. The van der Waals surface area contributed by atoms with Gasteiger partial charge in [-0.25, -0.2) is 17.9 Å². The van der Waals surface area contributed by atoms with E-state index in [1.807, 2.05) is 0 Å². The number of benzene rings is 1. The predicted molar refractivity (Wildman–Crippen MR) is 75.9 cm³/mol. The van der Waals surface area contributed by atoms with Crippen LogP contribution in [0.15, 0.2) is 39.6 Å². The van der Waals surface area contributed by atoms with E-state index in [0.717, 1.165) is 6.07 Å². The molecule has 1 aromatic heterocycles. The SMILES string of the molecule is Cc1ccc(CNS(=O)(=O)c2cc(C(=O)O)ccc2Cl)o1. The number of carboxylic acid groups (broad SMARTS) is 1. The molecule has 0 saturated heterocycles. The molecule has 6 nitrogen and oxygen atoms in total. The second-order valence-electron chi connectivity index (χ2n) is 4.29. The number of hydrogen-bond acceptors (Lipinski definition) is 4. The summed E-state index contributed by atoms with van der Waals surface area (Å²) in [6.45, 7) is 1.69. The van der Waals surface area contributed by atoms with Gasteiger partial charge in [-0.1, -0.05) is 11.6 Å². The number of furan rings is 1. The van der Waals surface area contributed by atoms with Crippen molar-refractivity contribution in [2.24, 2.45) is 0 Å². The summed E-state index contributed by atoms with van der Waals surface area (Å²) < 4.78 is 31.9. The average Bonchev–Trinajstić information content (AvgIpc) is 2.82. The first-order chi connectivity index (χ1) is 9.79. The summed E-state index contributed by atoms with van der Waals surface area (Å²) in [6, 6.07) is 6.84. The van der Waals surface area contributed by atoms with Crippen molar-refractivity contribution in [1.29, 1.82) is 0 Å². The highest BCUT2D eigenvalue weighted by atomic mass is 35.5. The Labute approximate surface area is 126 Å². The molecule has 2 aromatic rings. The van der Waals surface area contributed by atoms with Crippen LogP contribution in [0.25, 0.3) is 0 Å². The fourth-order valence-electron chi connectivity index (χ4n) is 1.67. The van der Waals surface area contributed by atoms with Crippen LogP contribution in [0.5, 0.6) is 0 Å². The highest BCUT2D eigenvalue weighted by Crippen LogP contribution is 2.23. The van der Waals surface area contributed by atoms with Crippen molar-refractivity contribution in [2.75, 3.05) is 0 Å². The lowest BCUT2D eigenvalue weighted by molar-refractivity contribution is 0.0696. The van der Waals surface area contributed by atoms with E-state index in [4.69, 9.17) is 21.1 Å². The van der Waals surface area contributed by atoms with Crippen molar-refractivity contribution in [3.8, 4) is 0 Å². The van der Waals surface area contributed by atoms with Crippen molar-refractivity contribution in [1.82, 2.24) is 4.72 Å². The number of aryl methyl sites for hydroxylation is 1. The third-order valence-corrected chi connectivity index (χ3v) is 4.58. The van der Waals surface area contributed by atoms with Crippen molar-refractivity contribution in [2.45, 2.75) is 18.4 Å². The van der Waals surface area contributed by atoms with Gasteiger partial charge in [0.2, 0.25) is 10.0 Å². The standard InChI is InChI=1S/C13H12ClNO5S/c1-8-2-4-10(20-8)7-15-21(18,19)12-6-9(13(16)17)3-5-11(12)14/h2-6,15H,7H2,1H3,(H,16,17). The fourth-order valence-corrected chi connectivity index (χ4v) is 3.18. The third-order valence-electron chi connectivity index (χ3n) is 2.70. The summed E-state index contributed by atoms with van der Waals surface area (Å²) in [5.74, 6) is -0.124. The minimum Gasteiger partial charge on any atom is -0.478 e.